The monoisotopic (exact) mass is 416 g/mol. The van der Waals surface area contributed by atoms with E-state index in [9.17, 15) is 5.11 Å². The topological polar surface area (TPSA) is 86.5 Å². The molecule has 0 radical (unpaired) electrons. The lowest BCUT2D eigenvalue weighted by Crippen LogP contribution is -2.25. The zero-order valence-corrected chi connectivity index (χ0v) is 17.6. The number of aliphatic hydroxyl groups is 1. The highest BCUT2D eigenvalue weighted by molar-refractivity contribution is 5.85. The Hall–Kier alpha value is -2.35. The van der Waals surface area contributed by atoms with Crippen LogP contribution in [-0.2, 0) is 6.54 Å². The van der Waals surface area contributed by atoms with Gasteiger partial charge < -0.3 is 21.1 Å². The summed E-state index contributed by atoms with van der Waals surface area (Å²) in [7, 11) is 0. The first-order valence-corrected chi connectivity index (χ1v) is 9.91. The van der Waals surface area contributed by atoms with Crippen molar-refractivity contribution in [3.05, 3.63) is 53.7 Å². The van der Waals surface area contributed by atoms with Gasteiger partial charge in [0.1, 0.15) is 11.6 Å². The first-order valence-electron chi connectivity index (χ1n) is 9.91. The highest BCUT2D eigenvalue weighted by Gasteiger charge is 2.24. The fourth-order valence-electron chi connectivity index (χ4n) is 3.65. The molecule has 4 rings (SSSR count). The molecular weight excluding hydrogens is 388 g/mol. The predicted molar refractivity (Wildman–Crippen MR) is 119 cm³/mol. The first kappa shape index (κ1) is 21.4. The molecule has 1 fully saturated rings. The Morgan fingerprint density at radius 3 is 2.76 bits per heavy atom. The summed E-state index contributed by atoms with van der Waals surface area (Å²) in [4.78, 5) is 4.85. The Morgan fingerprint density at radius 2 is 2.07 bits per heavy atom. The minimum absolute atomic E-state index is 0. The van der Waals surface area contributed by atoms with Gasteiger partial charge in [0, 0.05) is 36.8 Å². The van der Waals surface area contributed by atoms with Gasteiger partial charge in [-0.2, -0.15) is 9.61 Å². The molecule has 1 aromatic carbocycles. The molecule has 156 valence electrons. The molecule has 8 heteroatoms. The van der Waals surface area contributed by atoms with E-state index < -0.39 is 0 Å². The van der Waals surface area contributed by atoms with Gasteiger partial charge in [-0.25, -0.2) is 4.98 Å². The summed E-state index contributed by atoms with van der Waals surface area (Å²) >= 11 is 0. The number of benzene rings is 1. The molecule has 2 atom stereocenters. The van der Waals surface area contributed by atoms with Crippen molar-refractivity contribution < 1.29 is 5.11 Å². The fraction of sp³-hybridized carbons (Fsp3) is 0.429. The second-order valence-corrected chi connectivity index (χ2v) is 7.72. The summed E-state index contributed by atoms with van der Waals surface area (Å²) in [6.45, 7) is 6.01. The standard InChI is InChI=1S/C21H28N6O.ClH/c1-14(2)18-12-24-27-20(23-10-15-6-4-3-5-7-15)9-19(26-21(18)27)25-16-8-17(13-28)22-11-16;/h3-7,9,12,14,16-17,22-23,28H,8,10-11,13H2,1-2H3,(H,25,26);1H/t16-,17-;/m0./s1. The molecule has 4 N–H and O–H groups in total. The van der Waals surface area contributed by atoms with Crippen LogP contribution in [0.15, 0.2) is 42.6 Å². The van der Waals surface area contributed by atoms with E-state index in [1.165, 1.54) is 5.56 Å². The predicted octanol–water partition coefficient (Wildman–Crippen LogP) is 3.02. The van der Waals surface area contributed by atoms with E-state index in [0.29, 0.717) is 12.5 Å². The van der Waals surface area contributed by atoms with Crippen LogP contribution < -0.4 is 16.0 Å². The molecule has 3 heterocycles. The molecule has 1 saturated heterocycles. The largest absolute Gasteiger partial charge is 0.395 e. The van der Waals surface area contributed by atoms with Gasteiger partial charge in [0.2, 0.25) is 0 Å². The summed E-state index contributed by atoms with van der Waals surface area (Å²) < 4.78 is 1.88. The Kier molecular flexibility index (Phi) is 6.95. The van der Waals surface area contributed by atoms with Crippen molar-refractivity contribution in [3.8, 4) is 0 Å². The van der Waals surface area contributed by atoms with E-state index >= 15 is 0 Å². The number of hydrogen-bond acceptors (Lipinski definition) is 6. The zero-order valence-electron chi connectivity index (χ0n) is 16.8. The summed E-state index contributed by atoms with van der Waals surface area (Å²) in [5, 5.41) is 24.3. The molecule has 0 saturated carbocycles. The number of aromatic nitrogens is 3. The maximum atomic E-state index is 9.36. The van der Waals surface area contributed by atoms with Crippen molar-refractivity contribution in [2.24, 2.45) is 0 Å². The lowest BCUT2D eigenvalue weighted by Gasteiger charge is -2.16. The SMILES string of the molecule is CC(C)c1cnn2c(NCc3ccccc3)cc(N[C@@H]3CN[C@H](CO)C3)nc12.Cl. The Bertz CT molecular complexity index is 930. The van der Waals surface area contributed by atoms with Crippen LogP contribution >= 0.6 is 12.4 Å². The molecule has 2 aromatic heterocycles. The van der Waals surface area contributed by atoms with Crippen LogP contribution in [0.5, 0.6) is 0 Å². The van der Waals surface area contributed by atoms with Crippen LogP contribution in [0.1, 0.15) is 37.3 Å². The van der Waals surface area contributed by atoms with E-state index in [-0.39, 0.29) is 31.1 Å². The molecule has 0 aliphatic carbocycles. The van der Waals surface area contributed by atoms with Gasteiger partial charge in [0.05, 0.1) is 12.8 Å². The average molecular weight is 417 g/mol. The smallest absolute Gasteiger partial charge is 0.163 e. The summed E-state index contributed by atoms with van der Waals surface area (Å²) in [6, 6.07) is 12.7. The highest BCUT2D eigenvalue weighted by Crippen LogP contribution is 2.25. The second kappa shape index (κ2) is 9.43. The van der Waals surface area contributed by atoms with Crippen molar-refractivity contribution in [2.75, 3.05) is 23.8 Å². The Labute approximate surface area is 177 Å². The second-order valence-electron chi connectivity index (χ2n) is 7.72. The molecule has 0 amide bonds. The van der Waals surface area contributed by atoms with Gasteiger partial charge in [0.25, 0.3) is 0 Å². The lowest BCUT2D eigenvalue weighted by molar-refractivity contribution is 0.254. The van der Waals surface area contributed by atoms with Gasteiger partial charge >= 0.3 is 0 Å². The van der Waals surface area contributed by atoms with Gasteiger partial charge in [-0.15, -0.1) is 12.4 Å². The number of nitrogens with zero attached hydrogens (tertiary/aromatic N) is 3. The van der Waals surface area contributed by atoms with E-state index in [1.54, 1.807) is 0 Å². The van der Waals surface area contributed by atoms with Crippen LogP contribution in [0.4, 0.5) is 11.6 Å². The van der Waals surface area contributed by atoms with Gasteiger partial charge in [-0.1, -0.05) is 44.2 Å². The number of hydrogen-bond donors (Lipinski definition) is 4. The molecule has 7 nitrogen and oxygen atoms in total. The van der Waals surface area contributed by atoms with Crippen molar-refractivity contribution in [1.29, 1.82) is 0 Å². The van der Waals surface area contributed by atoms with Gasteiger partial charge in [-0.3, -0.25) is 0 Å². The number of halogens is 1. The number of fused-ring (bicyclic) bond motifs is 1. The molecule has 0 spiro atoms. The fourth-order valence-corrected chi connectivity index (χ4v) is 3.65. The van der Waals surface area contributed by atoms with Crippen molar-refractivity contribution in [2.45, 2.75) is 44.8 Å². The quantitative estimate of drug-likeness (QED) is 0.473. The van der Waals surface area contributed by atoms with E-state index in [1.807, 2.05) is 35.0 Å². The minimum Gasteiger partial charge on any atom is -0.395 e. The maximum Gasteiger partial charge on any atom is 0.163 e. The van der Waals surface area contributed by atoms with Crippen LogP contribution in [0.3, 0.4) is 0 Å². The molecule has 29 heavy (non-hydrogen) atoms. The van der Waals surface area contributed by atoms with Crippen LogP contribution in [0, 0.1) is 0 Å². The van der Waals surface area contributed by atoms with Crippen molar-refractivity contribution in [1.82, 2.24) is 19.9 Å². The molecule has 0 unspecified atom stereocenters. The minimum atomic E-state index is 0. The van der Waals surface area contributed by atoms with Gasteiger partial charge in [-0.05, 0) is 17.9 Å². The van der Waals surface area contributed by atoms with Crippen molar-refractivity contribution >= 4 is 29.7 Å². The Balaban J connectivity index is 0.00000240. The average Bonchev–Trinajstić information content (AvgIpc) is 3.33. The van der Waals surface area contributed by atoms with Gasteiger partial charge in [0.15, 0.2) is 5.65 Å². The summed E-state index contributed by atoms with van der Waals surface area (Å²) in [6.07, 6.45) is 2.79. The van der Waals surface area contributed by atoms with Crippen LogP contribution in [0.2, 0.25) is 0 Å². The Morgan fingerprint density at radius 1 is 1.28 bits per heavy atom. The lowest BCUT2D eigenvalue weighted by atomic mass is 10.1. The summed E-state index contributed by atoms with van der Waals surface area (Å²) in [5.41, 5.74) is 3.22. The maximum absolute atomic E-state index is 9.36. The third-order valence-corrected chi connectivity index (χ3v) is 5.23. The number of anilines is 2. The molecule has 3 aromatic rings. The zero-order chi connectivity index (χ0) is 19.5. The number of aliphatic hydroxyl groups excluding tert-OH is 1. The van der Waals surface area contributed by atoms with E-state index in [4.69, 9.17) is 4.98 Å². The normalized spacial score (nSPS) is 18.8. The van der Waals surface area contributed by atoms with E-state index in [0.717, 1.165) is 35.8 Å². The number of rotatable bonds is 7. The third-order valence-electron chi connectivity index (χ3n) is 5.23. The molecule has 1 aliphatic heterocycles. The highest BCUT2D eigenvalue weighted by atomic mass is 35.5. The first-order chi connectivity index (χ1) is 13.6. The third kappa shape index (κ3) is 4.80. The molecular formula is C21H29ClN6O. The van der Waals surface area contributed by atoms with Crippen LogP contribution in [-0.4, -0.2) is 44.9 Å². The van der Waals surface area contributed by atoms with Crippen LogP contribution in [0.25, 0.3) is 5.65 Å². The molecule has 0 bridgehead atoms. The molecule has 1 aliphatic rings. The number of nitrogens with one attached hydrogen (secondary N) is 3. The van der Waals surface area contributed by atoms with Crippen molar-refractivity contribution in [3.63, 3.8) is 0 Å². The van der Waals surface area contributed by atoms with E-state index in [2.05, 4.69) is 47.0 Å². The summed E-state index contributed by atoms with van der Waals surface area (Å²) in [5.74, 6) is 2.08.